The molecule has 0 unspecified atom stereocenters. The van der Waals surface area contributed by atoms with Crippen molar-refractivity contribution in [3.8, 4) is 5.88 Å². The van der Waals surface area contributed by atoms with E-state index in [9.17, 15) is 14.7 Å². The van der Waals surface area contributed by atoms with E-state index < -0.39 is 22.9 Å². The number of pyridine rings is 2. The summed E-state index contributed by atoms with van der Waals surface area (Å²) in [6.45, 7) is 3.68. The van der Waals surface area contributed by atoms with Crippen LogP contribution in [-0.4, -0.2) is 25.4 Å². The third kappa shape index (κ3) is 2.76. The predicted molar refractivity (Wildman–Crippen MR) is 84.8 cm³/mol. The zero-order chi connectivity index (χ0) is 16.6. The largest absolute Gasteiger partial charge is 0.493 e. The molecule has 0 aliphatic rings. The molecule has 0 bridgehead atoms. The number of anilines is 1. The highest BCUT2D eigenvalue weighted by Crippen LogP contribution is 2.14. The first-order valence-electron chi connectivity index (χ1n) is 6.92. The average Bonchev–Trinajstić information content (AvgIpc) is 2.50. The molecule has 3 heterocycles. The lowest BCUT2D eigenvalue weighted by atomic mass is 10.2. The quantitative estimate of drug-likeness (QED) is 0.750. The Bertz CT molecular complexity index is 961. The van der Waals surface area contributed by atoms with E-state index in [0.717, 1.165) is 11.1 Å². The molecule has 0 fully saturated rings. The van der Waals surface area contributed by atoms with Crippen molar-refractivity contribution in [1.82, 2.24) is 14.4 Å². The predicted octanol–water partition coefficient (Wildman–Crippen LogP) is 1.66. The first kappa shape index (κ1) is 14.7. The van der Waals surface area contributed by atoms with Crippen LogP contribution in [0.3, 0.4) is 0 Å². The number of carbonyl (C=O) groups is 1. The fourth-order valence-corrected chi connectivity index (χ4v) is 2.15. The Morgan fingerprint density at radius 3 is 2.61 bits per heavy atom. The molecule has 0 aromatic carbocycles. The van der Waals surface area contributed by atoms with Crippen LogP contribution in [0.15, 0.2) is 41.5 Å². The van der Waals surface area contributed by atoms with Gasteiger partial charge in [-0.2, -0.15) is 4.98 Å². The van der Waals surface area contributed by atoms with E-state index in [4.69, 9.17) is 0 Å². The number of fused-ring (bicyclic) bond motifs is 1. The molecule has 1 amide bonds. The third-order valence-corrected chi connectivity index (χ3v) is 3.33. The molecule has 0 radical (unpaired) electrons. The Kier molecular flexibility index (Phi) is 3.53. The van der Waals surface area contributed by atoms with Gasteiger partial charge in [-0.25, -0.2) is 4.98 Å². The fraction of sp³-hybridized carbons (Fsp3) is 0.125. The standard InChI is InChI=1S/C16H14N4O3/c1-9-3-5-11(17-7-9)18-14(21)13-15(22)19-12-6-4-10(2)8-20(12)16(13)23/h3-8,22H,1-2H3,(H,17,18,21). The maximum Gasteiger partial charge on any atom is 0.274 e. The zero-order valence-corrected chi connectivity index (χ0v) is 12.6. The van der Waals surface area contributed by atoms with Crippen molar-refractivity contribution in [2.75, 3.05) is 5.32 Å². The minimum absolute atomic E-state index is 0.267. The molecule has 7 heteroatoms. The maximum atomic E-state index is 12.5. The lowest BCUT2D eigenvalue weighted by molar-refractivity contribution is 0.102. The van der Waals surface area contributed by atoms with E-state index in [1.807, 2.05) is 13.8 Å². The van der Waals surface area contributed by atoms with Gasteiger partial charge >= 0.3 is 0 Å². The highest BCUT2D eigenvalue weighted by molar-refractivity contribution is 6.05. The average molecular weight is 310 g/mol. The summed E-state index contributed by atoms with van der Waals surface area (Å²) in [6.07, 6.45) is 3.15. The summed E-state index contributed by atoms with van der Waals surface area (Å²) in [7, 11) is 0. The molecule has 0 atom stereocenters. The van der Waals surface area contributed by atoms with Crippen LogP contribution in [0.1, 0.15) is 21.5 Å². The first-order chi connectivity index (χ1) is 11.0. The van der Waals surface area contributed by atoms with Gasteiger partial charge in [0.15, 0.2) is 5.56 Å². The van der Waals surface area contributed by atoms with Gasteiger partial charge in [-0.3, -0.25) is 14.0 Å². The normalized spacial score (nSPS) is 10.7. The number of nitrogens with zero attached hydrogens (tertiary/aromatic N) is 3. The number of carbonyl (C=O) groups excluding carboxylic acids is 1. The van der Waals surface area contributed by atoms with Crippen molar-refractivity contribution in [2.24, 2.45) is 0 Å². The SMILES string of the molecule is Cc1ccc(NC(=O)c2c(O)nc3ccc(C)cn3c2=O)nc1. The summed E-state index contributed by atoms with van der Waals surface area (Å²) < 4.78 is 1.23. The van der Waals surface area contributed by atoms with Crippen molar-refractivity contribution in [1.29, 1.82) is 0 Å². The molecule has 0 aliphatic carbocycles. The molecule has 3 rings (SSSR count). The van der Waals surface area contributed by atoms with Crippen molar-refractivity contribution in [3.63, 3.8) is 0 Å². The van der Waals surface area contributed by atoms with Crippen LogP contribution in [0.2, 0.25) is 0 Å². The van der Waals surface area contributed by atoms with Gasteiger partial charge in [0.25, 0.3) is 11.5 Å². The molecular formula is C16H14N4O3. The Labute approximate surface area is 131 Å². The van der Waals surface area contributed by atoms with E-state index in [2.05, 4.69) is 15.3 Å². The molecule has 116 valence electrons. The monoisotopic (exact) mass is 310 g/mol. The van der Waals surface area contributed by atoms with Crippen LogP contribution < -0.4 is 10.9 Å². The highest BCUT2D eigenvalue weighted by atomic mass is 16.3. The summed E-state index contributed by atoms with van der Waals surface area (Å²) in [5, 5.41) is 12.4. The lowest BCUT2D eigenvalue weighted by Gasteiger charge is -2.08. The first-order valence-corrected chi connectivity index (χ1v) is 6.92. The van der Waals surface area contributed by atoms with E-state index >= 15 is 0 Å². The maximum absolute atomic E-state index is 12.5. The topological polar surface area (TPSA) is 96.6 Å². The lowest BCUT2D eigenvalue weighted by Crippen LogP contribution is -2.27. The molecule has 0 saturated carbocycles. The van der Waals surface area contributed by atoms with Gasteiger partial charge in [-0.05, 0) is 37.1 Å². The Morgan fingerprint density at radius 1 is 1.17 bits per heavy atom. The van der Waals surface area contributed by atoms with E-state index in [1.165, 1.54) is 4.40 Å². The molecule has 7 nitrogen and oxygen atoms in total. The van der Waals surface area contributed by atoms with Gasteiger partial charge < -0.3 is 10.4 Å². The fourth-order valence-electron chi connectivity index (χ4n) is 2.15. The van der Waals surface area contributed by atoms with Gasteiger partial charge in [-0.1, -0.05) is 12.1 Å². The Morgan fingerprint density at radius 2 is 1.91 bits per heavy atom. The summed E-state index contributed by atoms with van der Waals surface area (Å²) in [4.78, 5) is 32.7. The van der Waals surface area contributed by atoms with Crippen molar-refractivity contribution < 1.29 is 9.90 Å². The number of nitrogens with one attached hydrogen (secondary N) is 1. The summed E-state index contributed by atoms with van der Waals surface area (Å²) >= 11 is 0. The minimum atomic E-state index is -0.757. The van der Waals surface area contributed by atoms with Gasteiger partial charge in [0.2, 0.25) is 5.88 Å². The molecule has 3 aromatic heterocycles. The number of aromatic nitrogens is 3. The molecule has 23 heavy (non-hydrogen) atoms. The number of hydrogen-bond acceptors (Lipinski definition) is 5. The molecule has 2 N–H and O–H groups in total. The Hall–Kier alpha value is -3.22. The minimum Gasteiger partial charge on any atom is -0.493 e. The molecule has 0 spiro atoms. The number of aryl methyl sites for hydroxylation is 2. The second-order valence-electron chi connectivity index (χ2n) is 5.23. The van der Waals surface area contributed by atoms with Gasteiger partial charge in [0, 0.05) is 12.4 Å². The Balaban J connectivity index is 2.06. The van der Waals surface area contributed by atoms with Crippen LogP contribution in [-0.2, 0) is 0 Å². The van der Waals surface area contributed by atoms with Crippen LogP contribution in [0.4, 0.5) is 5.82 Å². The molecule has 0 aliphatic heterocycles. The number of amides is 1. The van der Waals surface area contributed by atoms with Gasteiger partial charge in [0.1, 0.15) is 11.5 Å². The smallest absolute Gasteiger partial charge is 0.274 e. The number of hydrogen-bond donors (Lipinski definition) is 2. The van der Waals surface area contributed by atoms with Gasteiger partial charge in [0.05, 0.1) is 0 Å². The van der Waals surface area contributed by atoms with E-state index in [-0.39, 0.29) is 11.5 Å². The summed E-state index contributed by atoms with van der Waals surface area (Å²) in [5.41, 5.74) is 0.979. The second kappa shape index (κ2) is 5.53. The second-order valence-corrected chi connectivity index (χ2v) is 5.23. The summed E-state index contributed by atoms with van der Waals surface area (Å²) in [5.74, 6) is -1.08. The molecular weight excluding hydrogens is 296 g/mol. The van der Waals surface area contributed by atoms with Gasteiger partial charge in [-0.15, -0.1) is 0 Å². The van der Waals surface area contributed by atoms with Crippen LogP contribution in [0.5, 0.6) is 5.88 Å². The van der Waals surface area contributed by atoms with Crippen LogP contribution in [0, 0.1) is 13.8 Å². The highest BCUT2D eigenvalue weighted by Gasteiger charge is 2.20. The van der Waals surface area contributed by atoms with Crippen molar-refractivity contribution >= 4 is 17.4 Å². The molecule has 0 saturated heterocycles. The summed E-state index contributed by atoms with van der Waals surface area (Å²) in [6, 6.07) is 6.74. The zero-order valence-electron chi connectivity index (χ0n) is 12.6. The van der Waals surface area contributed by atoms with E-state index in [1.54, 1.807) is 36.7 Å². The van der Waals surface area contributed by atoms with Crippen molar-refractivity contribution in [2.45, 2.75) is 13.8 Å². The third-order valence-electron chi connectivity index (χ3n) is 3.33. The van der Waals surface area contributed by atoms with Crippen LogP contribution >= 0.6 is 0 Å². The van der Waals surface area contributed by atoms with E-state index in [0.29, 0.717) is 0 Å². The number of aromatic hydroxyl groups is 1. The van der Waals surface area contributed by atoms with Crippen LogP contribution in [0.25, 0.3) is 5.65 Å². The molecule has 3 aromatic rings. The van der Waals surface area contributed by atoms with Crippen molar-refractivity contribution in [3.05, 3.63) is 63.7 Å². The number of rotatable bonds is 2.